The van der Waals surface area contributed by atoms with Crippen LogP contribution in [0.3, 0.4) is 0 Å². The molecule has 1 amide bonds. The molecule has 2 heterocycles. The molecule has 3 heteroatoms. The second-order valence-electron chi connectivity index (χ2n) is 2.83. The summed E-state index contributed by atoms with van der Waals surface area (Å²) >= 11 is 0. The minimum atomic E-state index is 0.214. The molecule has 70 valence electrons. The average Bonchev–Trinajstić information content (AvgIpc) is 2.22. The third kappa shape index (κ3) is 4.95. The number of aromatic nitrogens is 1. The van der Waals surface area contributed by atoms with E-state index in [1.54, 1.807) is 12.4 Å². The normalized spacial score (nSPS) is 15.2. The molecule has 1 aromatic rings. The summed E-state index contributed by atoms with van der Waals surface area (Å²) in [6.07, 6.45) is 6.47. The van der Waals surface area contributed by atoms with E-state index in [1.807, 2.05) is 18.2 Å². The Morgan fingerprint density at radius 2 is 1.92 bits per heavy atom. The van der Waals surface area contributed by atoms with E-state index in [9.17, 15) is 4.79 Å². The number of piperidine rings is 1. The molecule has 0 aromatic carbocycles. The van der Waals surface area contributed by atoms with Crippen molar-refractivity contribution in [1.82, 2.24) is 10.3 Å². The number of carbonyl (C=O) groups excluding carboxylic acids is 1. The Labute approximate surface area is 78.2 Å². The monoisotopic (exact) mass is 178 g/mol. The SMILES string of the molecule is O=C1CCCCN1.c1ccncc1. The van der Waals surface area contributed by atoms with Crippen molar-refractivity contribution in [3.8, 4) is 0 Å². The number of nitrogens with zero attached hydrogens (tertiary/aromatic N) is 1. The fraction of sp³-hybridized carbons (Fsp3) is 0.400. The van der Waals surface area contributed by atoms with Gasteiger partial charge in [0.25, 0.3) is 0 Å². The Balaban J connectivity index is 0.000000132. The number of pyridine rings is 1. The Hall–Kier alpha value is -1.38. The van der Waals surface area contributed by atoms with Crippen molar-refractivity contribution in [2.45, 2.75) is 19.3 Å². The highest BCUT2D eigenvalue weighted by atomic mass is 16.1. The maximum Gasteiger partial charge on any atom is 0.219 e. The first-order valence-corrected chi connectivity index (χ1v) is 4.51. The van der Waals surface area contributed by atoms with Crippen LogP contribution in [-0.2, 0) is 4.79 Å². The van der Waals surface area contributed by atoms with Gasteiger partial charge in [-0.05, 0) is 25.0 Å². The van der Waals surface area contributed by atoms with Gasteiger partial charge >= 0.3 is 0 Å². The molecule has 1 aromatic heterocycles. The van der Waals surface area contributed by atoms with Gasteiger partial charge in [-0.2, -0.15) is 0 Å². The van der Waals surface area contributed by atoms with E-state index in [0.717, 1.165) is 25.8 Å². The molecule has 1 saturated heterocycles. The number of hydrogen-bond donors (Lipinski definition) is 1. The molecule has 1 fully saturated rings. The van der Waals surface area contributed by atoms with Crippen LogP contribution >= 0.6 is 0 Å². The van der Waals surface area contributed by atoms with Crippen LogP contribution in [-0.4, -0.2) is 17.4 Å². The molecule has 1 N–H and O–H groups in total. The standard InChI is InChI=1S/C5H9NO.C5H5N/c7-5-3-1-2-4-6-5;1-2-4-6-5-3-1/h1-4H2,(H,6,7);1-5H. The van der Waals surface area contributed by atoms with Gasteiger partial charge in [0, 0.05) is 25.4 Å². The summed E-state index contributed by atoms with van der Waals surface area (Å²) in [5, 5.41) is 2.74. The Bertz CT molecular complexity index is 201. The predicted molar refractivity (Wildman–Crippen MR) is 51.1 cm³/mol. The fourth-order valence-corrected chi connectivity index (χ4v) is 1.04. The number of nitrogens with one attached hydrogen (secondary N) is 1. The largest absolute Gasteiger partial charge is 0.356 e. The number of amides is 1. The lowest BCUT2D eigenvalue weighted by molar-refractivity contribution is -0.122. The van der Waals surface area contributed by atoms with Gasteiger partial charge in [-0.25, -0.2) is 0 Å². The van der Waals surface area contributed by atoms with Gasteiger partial charge in [-0.15, -0.1) is 0 Å². The van der Waals surface area contributed by atoms with Gasteiger partial charge in [0.15, 0.2) is 0 Å². The van der Waals surface area contributed by atoms with Crippen LogP contribution in [0.4, 0.5) is 0 Å². The summed E-state index contributed by atoms with van der Waals surface area (Å²) < 4.78 is 0. The Morgan fingerprint density at radius 3 is 2.15 bits per heavy atom. The summed E-state index contributed by atoms with van der Waals surface area (Å²) in [6, 6.07) is 5.72. The quantitative estimate of drug-likeness (QED) is 0.652. The lowest BCUT2D eigenvalue weighted by Crippen LogP contribution is -2.28. The summed E-state index contributed by atoms with van der Waals surface area (Å²) in [4.78, 5) is 14.1. The highest BCUT2D eigenvalue weighted by Crippen LogP contribution is 1.98. The third-order valence-electron chi connectivity index (χ3n) is 1.72. The zero-order chi connectivity index (χ0) is 9.36. The lowest BCUT2D eigenvalue weighted by atomic mass is 10.2. The molecule has 0 aliphatic carbocycles. The molecule has 0 radical (unpaired) electrons. The second kappa shape index (κ2) is 6.17. The third-order valence-corrected chi connectivity index (χ3v) is 1.72. The second-order valence-corrected chi connectivity index (χ2v) is 2.83. The van der Waals surface area contributed by atoms with E-state index in [1.165, 1.54) is 0 Å². The number of hydrogen-bond acceptors (Lipinski definition) is 2. The molecule has 1 aliphatic heterocycles. The zero-order valence-electron chi connectivity index (χ0n) is 7.57. The van der Waals surface area contributed by atoms with Crippen molar-refractivity contribution in [2.24, 2.45) is 0 Å². The first-order valence-electron chi connectivity index (χ1n) is 4.51. The van der Waals surface area contributed by atoms with Gasteiger partial charge in [0.1, 0.15) is 0 Å². The number of rotatable bonds is 0. The van der Waals surface area contributed by atoms with Gasteiger partial charge in [0.05, 0.1) is 0 Å². The lowest BCUT2D eigenvalue weighted by Gasteiger charge is -2.08. The van der Waals surface area contributed by atoms with Gasteiger partial charge in [-0.1, -0.05) is 6.07 Å². The van der Waals surface area contributed by atoms with Crippen molar-refractivity contribution >= 4 is 5.91 Å². The Kier molecular flexibility index (Phi) is 4.61. The van der Waals surface area contributed by atoms with Crippen LogP contribution in [0, 0.1) is 0 Å². The van der Waals surface area contributed by atoms with Crippen molar-refractivity contribution in [1.29, 1.82) is 0 Å². The number of carbonyl (C=O) groups is 1. The van der Waals surface area contributed by atoms with Crippen molar-refractivity contribution in [2.75, 3.05) is 6.54 Å². The average molecular weight is 178 g/mol. The maximum atomic E-state index is 10.4. The first-order chi connectivity index (χ1) is 6.39. The van der Waals surface area contributed by atoms with Crippen LogP contribution < -0.4 is 5.32 Å². The van der Waals surface area contributed by atoms with E-state index < -0.39 is 0 Å². The smallest absolute Gasteiger partial charge is 0.219 e. The molecular formula is C10H14N2O. The summed E-state index contributed by atoms with van der Waals surface area (Å²) in [5.41, 5.74) is 0. The first kappa shape index (κ1) is 9.71. The van der Waals surface area contributed by atoms with Crippen molar-refractivity contribution in [3.63, 3.8) is 0 Å². The van der Waals surface area contributed by atoms with Crippen LogP contribution in [0.5, 0.6) is 0 Å². The van der Waals surface area contributed by atoms with Crippen LogP contribution in [0.1, 0.15) is 19.3 Å². The van der Waals surface area contributed by atoms with Crippen LogP contribution in [0.15, 0.2) is 30.6 Å². The zero-order valence-corrected chi connectivity index (χ0v) is 7.57. The molecule has 13 heavy (non-hydrogen) atoms. The molecule has 3 nitrogen and oxygen atoms in total. The van der Waals surface area contributed by atoms with Gasteiger partial charge in [0.2, 0.25) is 5.91 Å². The topological polar surface area (TPSA) is 42.0 Å². The molecule has 0 saturated carbocycles. The molecule has 0 spiro atoms. The van der Waals surface area contributed by atoms with E-state index in [2.05, 4.69) is 10.3 Å². The van der Waals surface area contributed by atoms with Gasteiger partial charge < -0.3 is 5.32 Å². The minimum absolute atomic E-state index is 0.214. The Morgan fingerprint density at radius 1 is 1.15 bits per heavy atom. The van der Waals surface area contributed by atoms with Crippen molar-refractivity contribution in [3.05, 3.63) is 30.6 Å². The summed E-state index contributed by atoms with van der Waals surface area (Å²) in [7, 11) is 0. The minimum Gasteiger partial charge on any atom is -0.356 e. The molecule has 0 atom stereocenters. The molecule has 0 unspecified atom stereocenters. The van der Waals surface area contributed by atoms with Crippen LogP contribution in [0.2, 0.25) is 0 Å². The van der Waals surface area contributed by atoms with E-state index in [-0.39, 0.29) is 5.91 Å². The fourth-order valence-electron chi connectivity index (χ4n) is 1.04. The van der Waals surface area contributed by atoms with Crippen molar-refractivity contribution < 1.29 is 4.79 Å². The van der Waals surface area contributed by atoms with E-state index in [4.69, 9.17) is 0 Å². The molecule has 0 bridgehead atoms. The van der Waals surface area contributed by atoms with Crippen LogP contribution in [0.25, 0.3) is 0 Å². The van der Waals surface area contributed by atoms with E-state index in [0.29, 0.717) is 0 Å². The molecule has 1 aliphatic rings. The van der Waals surface area contributed by atoms with Gasteiger partial charge in [-0.3, -0.25) is 9.78 Å². The summed E-state index contributed by atoms with van der Waals surface area (Å²) in [5.74, 6) is 0.214. The molecular weight excluding hydrogens is 164 g/mol. The maximum absolute atomic E-state index is 10.4. The predicted octanol–water partition coefficient (Wildman–Crippen LogP) is 1.37. The highest BCUT2D eigenvalue weighted by Gasteiger charge is 2.04. The summed E-state index contributed by atoms with van der Waals surface area (Å²) in [6.45, 7) is 0.888. The highest BCUT2D eigenvalue weighted by molar-refractivity contribution is 5.76. The van der Waals surface area contributed by atoms with E-state index >= 15 is 0 Å². The molecule has 2 rings (SSSR count).